The second-order valence-corrected chi connectivity index (χ2v) is 10.9. The summed E-state index contributed by atoms with van der Waals surface area (Å²) in [7, 11) is 0. The van der Waals surface area contributed by atoms with Gasteiger partial charge in [0.1, 0.15) is 0 Å². The van der Waals surface area contributed by atoms with Crippen molar-refractivity contribution in [3.05, 3.63) is 81.0 Å². The highest BCUT2D eigenvalue weighted by molar-refractivity contribution is 6.35. The van der Waals surface area contributed by atoms with Crippen LogP contribution in [0.4, 0.5) is 15.9 Å². The second-order valence-electron chi connectivity index (χ2n) is 10.0. The molecule has 0 saturated carbocycles. The molecule has 3 heterocycles. The van der Waals surface area contributed by atoms with Crippen molar-refractivity contribution in [2.24, 2.45) is 5.73 Å². The molecule has 1 saturated heterocycles. The Hall–Kier alpha value is -2.82. The molecule has 1 atom stereocenters. The van der Waals surface area contributed by atoms with Crippen LogP contribution >= 0.6 is 23.2 Å². The molecule has 1 aliphatic rings. The highest BCUT2D eigenvalue weighted by Crippen LogP contribution is 2.33. The number of nitrogens with zero attached hydrogens (tertiary/aromatic N) is 3. The summed E-state index contributed by atoms with van der Waals surface area (Å²) in [6.07, 6.45) is 8.94. The summed E-state index contributed by atoms with van der Waals surface area (Å²) in [5.74, 6) is -0.134. The number of hydrogen-bond acceptors (Lipinski definition) is 8. The predicted molar refractivity (Wildman–Crippen MR) is 156 cm³/mol. The SMILES string of the molecule is CCCC1(N)CCN(c2ncc(C(=N)c3cc(C[C@H](C)c4c(Cl)cncc4Cl)ccc3N)cc2F)CC1.OO. The third kappa shape index (κ3) is 7.23. The van der Waals surface area contributed by atoms with Gasteiger partial charge in [0.05, 0.1) is 15.8 Å². The van der Waals surface area contributed by atoms with E-state index in [4.69, 9.17) is 50.6 Å². The van der Waals surface area contributed by atoms with Gasteiger partial charge in [0.25, 0.3) is 0 Å². The zero-order valence-corrected chi connectivity index (χ0v) is 23.6. The smallest absolute Gasteiger partial charge is 0.166 e. The number of halogens is 3. The number of piperidine rings is 1. The van der Waals surface area contributed by atoms with E-state index in [-0.39, 0.29) is 17.2 Å². The van der Waals surface area contributed by atoms with Gasteiger partial charge in [-0.05, 0) is 60.9 Å². The lowest BCUT2D eigenvalue weighted by atomic mass is 9.84. The van der Waals surface area contributed by atoms with Gasteiger partial charge in [-0.15, -0.1) is 0 Å². The number of aromatic nitrogens is 2. The Morgan fingerprint density at radius 1 is 1.15 bits per heavy atom. The third-order valence-electron chi connectivity index (χ3n) is 7.23. The molecule has 7 N–H and O–H groups in total. The van der Waals surface area contributed by atoms with Crippen LogP contribution in [0.3, 0.4) is 0 Å². The van der Waals surface area contributed by atoms with Crippen LogP contribution < -0.4 is 16.4 Å². The van der Waals surface area contributed by atoms with E-state index in [0.717, 1.165) is 36.8 Å². The van der Waals surface area contributed by atoms with E-state index in [2.05, 4.69) is 16.9 Å². The van der Waals surface area contributed by atoms with E-state index in [0.29, 0.717) is 52.2 Å². The number of hydrogen-bond donors (Lipinski definition) is 5. The molecule has 0 radical (unpaired) electrons. The quantitative estimate of drug-likeness (QED) is 0.0904. The van der Waals surface area contributed by atoms with E-state index in [1.165, 1.54) is 6.07 Å². The van der Waals surface area contributed by atoms with Gasteiger partial charge in [0, 0.05) is 54.0 Å². The summed E-state index contributed by atoms with van der Waals surface area (Å²) in [6.45, 7) is 5.49. The molecular formula is C28H35Cl2FN6O2. The molecule has 1 aromatic carbocycles. The summed E-state index contributed by atoms with van der Waals surface area (Å²) in [5.41, 5.74) is 15.8. The highest BCUT2D eigenvalue weighted by atomic mass is 35.5. The van der Waals surface area contributed by atoms with Crippen molar-refractivity contribution < 1.29 is 14.9 Å². The van der Waals surface area contributed by atoms with Crippen LogP contribution in [0.1, 0.15) is 67.7 Å². The molecule has 1 fully saturated rings. The van der Waals surface area contributed by atoms with Crippen molar-refractivity contribution in [1.82, 2.24) is 9.97 Å². The number of pyridine rings is 2. The Labute approximate surface area is 238 Å². The van der Waals surface area contributed by atoms with Gasteiger partial charge in [0.2, 0.25) is 0 Å². The maximum Gasteiger partial charge on any atom is 0.166 e. The summed E-state index contributed by atoms with van der Waals surface area (Å²) in [4.78, 5) is 10.4. The Bertz CT molecular complexity index is 1280. The summed E-state index contributed by atoms with van der Waals surface area (Å²) < 4.78 is 15.2. The van der Waals surface area contributed by atoms with Crippen LogP contribution in [-0.2, 0) is 6.42 Å². The van der Waals surface area contributed by atoms with Gasteiger partial charge >= 0.3 is 0 Å². The number of benzene rings is 1. The summed E-state index contributed by atoms with van der Waals surface area (Å²) >= 11 is 12.7. The van der Waals surface area contributed by atoms with Crippen molar-refractivity contribution in [3.63, 3.8) is 0 Å². The highest BCUT2D eigenvalue weighted by Gasteiger charge is 2.31. The van der Waals surface area contributed by atoms with Gasteiger partial charge in [-0.2, -0.15) is 0 Å². The lowest BCUT2D eigenvalue weighted by Crippen LogP contribution is -2.50. The number of nitrogens with two attached hydrogens (primary N) is 2. The topological polar surface area (TPSA) is 145 Å². The summed E-state index contributed by atoms with van der Waals surface area (Å²) in [6, 6.07) is 6.91. The molecule has 39 heavy (non-hydrogen) atoms. The van der Waals surface area contributed by atoms with Crippen molar-refractivity contribution in [2.75, 3.05) is 23.7 Å². The summed E-state index contributed by atoms with van der Waals surface area (Å²) in [5, 5.41) is 21.8. The van der Waals surface area contributed by atoms with Gasteiger partial charge in [-0.3, -0.25) is 20.9 Å². The maximum atomic E-state index is 15.2. The molecule has 0 aliphatic carbocycles. The first-order valence-corrected chi connectivity index (χ1v) is 13.5. The molecule has 8 nitrogen and oxygen atoms in total. The van der Waals surface area contributed by atoms with Crippen LogP contribution in [-0.4, -0.2) is 44.8 Å². The largest absolute Gasteiger partial charge is 0.398 e. The first kappa shape index (κ1) is 30.7. The molecule has 0 unspecified atom stereocenters. The molecule has 1 aliphatic heterocycles. The fourth-order valence-corrected chi connectivity index (χ4v) is 5.90. The number of rotatable bonds is 8. The first-order chi connectivity index (χ1) is 18.6. The zero-order valence-electron chi connectivity index (χ0n) is 22.1. The normalized spacial score (nSPS) is 15.3. The fraction of sp³-hybridized carbons (Fsp3) is 0.393. The molecule has 4 rings (SSSR count). The van der Waals surface area contributed by atoms with Gasteiger partial charge < -0.3 is 16.4 Å². The van der Waals surface area contributed by atoms with Gasteiger partial charge in [0.15, 0.2) is 11.6 Å². The van der Waals surface area contributed by atoms with Gasteiger partial charge in [-0.1, -0.05) is 49.5 Å². The molecule has 11 heteroatoms. The minimum absolute atomic E-state index is 0.0150. The van der Waals surface area contributed by atoms with E-state index in [9.17, 15) is 0 Å². The molecule has 0 spiro atoms. The maximum absolute atomic E-state index is 15.2. The third-order valence-corrected chi connectivity index (χ3v) is 7.83. The Morgan fingerprint density at radius 2 is 1.79 bits per heavy atom. The number of nitrogens with one attached hydrogen (secondary N) is 1. The van der Waals surface area contributed by atoms with Crippen LogP contribution in [0.5, 0.6) is 0 Å². The van der Waals surface area contributed by atoms with E-state index < -0.39 is 5.82 Å². The standard InChI is InChI=1S/C28H33Cl2FN6.H2O2/c1-3-6-28(34)7-9-37(10-8-28)27-23(31)13-19(14-36-27)26(33)20-12-18(4-5-24(20)32)11-17(2)25-21(29)15-35-16-22(25)30;1-2/h4-5,12-17,33H,3,6-11,32,34H2,1-2H3;1-2H/t17-;/m0./s1. The lowest BCUT2D eigenvalue weighted by molar-refractivity contribution is -0.176. The Balaban J connectivity index is 0.00000205. The van der Waals surface area contributed by atoms with Crippen molar-refractivity contribution in [2.45, 2.75) is 57.4 Å². The monoisotopic (exact) mass is 576 g/mol. The van der Waals surface area contributed by atoms with Crippen molar-refractivity contribution in [3.8, 4) is 0 Å². The van der Waals surface area contributed by atoms with Crippen LogP contribution in [0, 0.1) is 11.2 Å². The predicted octanol–water partition coefficient (Wildman–Crippen LogP) is 6.38. The van der Waals surface area contributed by atoms with Crippen LogP contribution in [0.15, 0.2) is 42.9 Å². The lowest BCUT2D eigenvalue weighted by Gasteiger charge is -2.39. The molecule has 0 amide bonds. The average Bonchev–Trinajstić information content (AvgIpc) is 2.91. The minimum atomic E-state index is -0.451. The molecule has 2 aromatic heterocycles. The van der Waals surface area contributed by atoms with Crippen LogP contribution in [0.2, 0.25) is 10.0 Å². The van der Waals surface area contributed by atoms with Crippen molar-refractivity contribution in [1.29, 1.82) is 5.41 Å². The van der Waals surface area contributed by atoms with E-state index in [1.807, 2.05) is 24.0 Å². The zero-order chi connectivity index (χ0) is 28.7. The molecule has 3 aromatic rings. The molecule has 210 valence electrons. The second kappa shape index (κ2) is 13.5. The number of nitrogen functional groups attached to an aromatic ring is 1. The average molecular weight is 578 g/mol. The molecule has 0 bridgehead atoms. The van der Waals surface area contributed by atoms with Crippen molar-refractivity contribution >= 4 is 40.4 Å². The number of anilines is 2. The van der Waals surface area contributed by atoms with E-state index in [1.54, 1.807) is 24.7 Å². The van der Waals surface area contributed by atoms with E-state index >= 15 is 4.39 Å². The fourth-order valence-electron chi connectivity index (χ4n) is 5.16. The van der Waals surface area contributed by atoms with Gasteiger partial charge in [-0.25, -0.2) is 9.37 Å². The minimum Gasteiger partial charge on any atom is -0.398 e. The molecular weight excluding hydrogens is 542 g/mol. The Morgan fingerprint density at radius 3 is 2.38 bits per heavy atom. The Kier molecular flexibility index (Phi) is 10.6. The van der Waals surface area contributed by atoms with Crippen LogP contribution in [0.25, 0.3) is 0 Å². The first-order valence-electron chi connectivity index (χ1n) is 12.8.